The Morgan fingerprint density at radius 1 is 1.12 bits per heavy atom. The van der Waals surface area contributed by atoms with Gasteiger partial charge in [-0.3, -0.25) is 4.79 Å². The molecule has 0 heterocycles. The molecule has 0 radical (unpaired) electrons. The van der Waals surface area contributed by atoms with Crippen LogP contribution in [0.5, 0.6) is 0 Å². The van der Waals surface area contributed by atoms with Gasteiger partial charge in [0.2, 0.25) is 5.91 Å². The highest BCUT2D eigenvalue weighted by Crippen LogP contribution is 2.29. The largest absolute Gasteiger partial charge is 0.356 e. The molecule has 0 bridgehead atoms. The van der Waals surface area contributed by atoms with Crippen LogP contribution in [0, 0.1) is 11.8 Å². The van der Waals surface area contributed by atoms with Crippen molar-refractivity contribution in [1.29, 1.82) is 0 Å². The van der Waals surface area contributed by atoms with Crippen LogP contribution in [0.1, 0.15) is 52.4 Å². The van der Waals surface area contributed by atoms with Crippen molar-refractivity contribution in [3.63, 3.8) is 0 Å². The van der Waals surface area contributed by atoms with Crippen LogP contribution in [0.25, 0.3) is 0 Å². The number of amides is 1. The minimum absolute atomic E-state index is 0.162. The topological polar surface area (TPSA) is 41.1 Å². The van der Waals surface area contributed by atoms with Crippen LogP contribution in [0.2, 0.25) is 0 Å². The second-order valence-corrected chi connectivity index (χ2v) is 5.20. The molecule has 100 valence electrons. The lowest BCUT2D eigenvalue weighted by atomic mass is 9.81. The van der Waals surface area contributed by atoms with Gasteiger partial charge >= 0.3 is 0 Å². The van der Waals surface area contributed by atoms with E-state index in [2.05, 4.69) is 17.6 Å². The lowest BCUT2D eigenvalue weighted by Crippen LogP contribution is -2.31. The fourth-order valence-electron chi connectivity index (χ4n) is 2.64. The highest BCUT2D eigenvalue weighted by molar-refractivity contribution is 5.75. The van der Waals surface area contributed by atoms with E-state index in [0.29, 0.717) is 6.42 Å². The Bertz CT molecular complexity index is 210. The lowest BCUT2D eigenvalue weighted by Gasteiger charge is -2.27. The molecule has 0 spiro atoms. The minimum atomic E-state index is 0.162. The van der Waals surface area contributed by atoms with Crippen LogP contribution < -0.4 is 10.6 Å². The zero-order valence-electron chi connectivity index (χ0n) is 11.4. The number of rotatable bonds is 7. The monoisotopic (exact) mass is 240 g/mol. The van der Waals surface area contributed by atoms with Gasteiger partial charge in [-0.05, 0) is 38.1 Å². The Morgan fingerprint density at radius 2 is 1.76 bits per heavy atom. The standard InChI is InChI=1S/C14H28N2O/c1-3-12-5-7-13(8-6-12)11-15-10-9-14(17)16-4-2/h12-13,15H,3-11H2,1-2H3,(H,16,17). The lowest BCUT2D eigenvalue weighted by molar-refractivity contribution is -0.120. The van der Waals surface area contributed by atoms with Gasteiger partial charge in [-0.2, -0.15) is 0 Å². The van der Waals surface area contributed by atoms with Gasteiger partial charge in [0.25, 0.3) is 0 Å². The SMILES string of the molecule is CCNC(=O)CCNCC1CCC(CC)CC1. The Kier molecular flexibility index (Phi) is 7.25. The van der Waals surface area contributed by atoms with Gasteiger partial charge < -0.3 is 10.6 Å². The summed E-state index contributed by atoms with van der Waals surface area (Å²) >= 11 is 0. The molecular weight excluding hydrogens is 212 g/mol. The third-order valence-electron chi connectivity index (χ3n) is 3.88. The number of hydrogen-bond donors (Lipinski definition) is 2. The molecule has 1 rings (SSSR count). The van der Waals surface area contributed by atoms with E-state index in [1.807, 2.05) is 6.92 Å². The summed E-state index contributed by atoms with van der Waals surface area (Å²) in [7, 11) is 0. The summed E-state index contributed by atoms with van der Waals surface area (Å²) in [6, 6.07) is 0. The van der Waals surface area contributed by atoms with Gasteiger partial charge in [0, 0.05) is 19.5 Å². The van der Waals surface area contributed by atoms with Crippen molar-refractivity contribution in [3.05, 3.63) is 0 Å². The highest BCUT2D eigenvalue weighted by Gasteiger charge is 2.19. The maximum Gasteiger partial charge on any atom is 0.221 e. The first-order valence-electron chi connectivity index (χ1n) is 7.23. The quantitative estimate of drug-likeness (QED) is 0.671. The minimum Gasteiger partial charge on any atom is -0.356 e. The number of carbonyl (C=O) groups excluding carboxylic acids is 1. The van der Waals surface area contributed by atoms with E-state index in [1.54, 1.807) is 0 Å². The zero-order chi connectivity index (χ0) is 12.5. The van der Waals surface area contributed by atoms with E-state index in [0.717, 1.165) is 31.5 Å². The van der Waals surface area contributed by atoms with Crippen LogP contribution >= 0.6 is 0 Å². The molecule has 1 aliphatic rings. The predicted octanol–water partition coefficient (Wildman–Crippen LogP) is 2.32. The van der Waals surface area contributed by atoms with E-state index in [1.165, 1.54) is 32.1 Å². The summed E-state index contributed by atoms with van der Waals surface area (Å²) < 4.78 is 0. The Morgan fingerprint density at radius 3 is 2.35 bits per heavy atom. The Labute approximate surface area is 106 Å². The number of hydrogen-bond acceptors (Lipinski definition) is 2. The Balaban J connectivity index is 1.98. The van der Waals surface area contributed by atoms with Crippen molar-refractivity contribution < 1.29 is 4.79 Å². The third kappa shape index (κ3) is 6.06. The molecule has 17 heavy (non-hydrogen) atoms. The maximum absolute atomic E-state index is 11.2. The average molecular weight is 240 g/mol. The van der Waals surface area contributed by atoms with Crippen molar-refractivity contribution in [2.75, 3.05) is 19.6 Å². The molecule has 3 nitrogen and oxygen atoms in total. The summed E-state index contributed by atoms with van der Waals surface area (Å²) in [5.74, 6) is 1.98. The van der Waals surface area contributed by atoms with Crippen molar-refractivity contribution in [2.45, 2.75) is 52.4 Å². The first-order valence-corrected chi connectivity index (χ1v) is 7.23. The van der Waals surface area contributed by atoms with Gasteiger partial charge in [0.15, 0.2) is 0 Å². The molecule has 0 aromatic rings. The van der Waals surface area contributed by atoms with Crippen LogP contribution in [0.3, 0.4) is 0 Å². The average Bonchev–Trinajstić information content (AvgIpc) is 2.36. The fourth-order valence-corrected chi connectivity index (χ4v) is 2.64. The molecule has 1 saturated carbocycles. The maximum atomic E-state index is 11.2. The fraction of sp³-hybridized carbons (Fsp3) is 0.929. The molecule has 0 aromatic carbocycles. The van der Waals surface area contributed by atoms with Crippen LogP contribution in [-0.4, -0.2) is 25.5 Å². The van der Waals surface area contributed by atoms with Crippen molar-refractivity contribution in [2.24, 2.45) is 11.8 Å². The number of carbonyl (C=O) groups is 1. The van der Waals surface area contributed by atoms with Gasteiger partial charge in [0.05, 0.1) is 0 Å². The van der Waals surface area contributed by atoms with Gasteiger partial charge in [-0.25, -0.2) is 0 Å². The number of nitrogens with one attached hydrogen (secondary N) is 2. The van der Waals surface area contributed by atoms with Crippen LogP contribution in [-0.2, 0) is 4.79 Å². The normalized spacial score (nSPS) is 24.6. The molecule has 0 atom stereocenters. The molecular formula is C14H28N2O. The van der Waals surface area contributed by atoms with E-state index in [9.17, 15) is 4.79 Å². The van der Waals surface area contributed by atoms with Crippen LogP contribution in [0.15, 0.2) is 0 Å². The Hall–Kier alpha value is -0.570. The van der Waals surface area contributed by atoms with Gasteiger partial charge in [-0.1, -0.05) is 26.2 Å². The first kappa shape index (κ1) is 14.5. The van der Waals surface area contributed by atoms with Gasteiger partial charge in [0.1, 0.15) is 0 Å². The van der Waals surface area contributed by atoms with Crippen molar-refractivity contribution in [1.82, 2.24) is 10.6 Å². The molecule has 3 heteroatoms. The second-order valence-electron chi connectivity index (χ2n) is 5.20. The van der Waals surface area contributed by atoms with E-state index in [-0.39, 0.29) is 5.91 Å². The summed E-state index contributed by atoms with van der Waals surface area (Å²) in [6.45, 7) is 6.91. The molecule has 1 aliphatic carbocycles. The predicted molar refractivity (Wildman–Crippen MR) is 71.9 cm³/mol. The third-order valence-corrected chi connectivity index (χ3v) is 3.88. The molecule has 1 fully saturated rings. The first-order chi connectivity index (χ1) is 8.26. The molecule has 2 N–H and O–H groups in total. The van der Waals surface area contributed by atoms with E-state index in [4.69, 9.17) is 0 Å². The summed E-state index contributed by atoms with van der Waals surface area (Å²) in [5.41, 5.74) is 0. The van der Waals surface area contributed by atoms with Crippen LogP contribution in [0.4, 0.5) is 0 Å². The highest BCUT2D eigenvalue weighted by atomic mass is 16.1. The van der Waals surface area contributed by atoms with Gasteiger partial charge in [-0.15, -0.1) is 0 Å². The van der Waals surface area contributed by atoms with E-state index < -0.39 is 0 Å². The van der Waals surface area contributed by atoms with E-state index >= 15 is 0 Å². The zero-order valence-corrected chi connectivity index (χ0v) is 11.4. The summed E-state index contributed by atoms with van der Waals surface area (Å²) in [5, 5.41) is 6.23. The summed E-state index contributed by atoms with van der Waals surface area (Å²) in [4.78, 5) is 11.2. The molecule has 0 aromatic heterocycles. The summed E-state index contributed by atoms with van der Waals surface area (Å²) in [6.07, 6.45) is 7.49. The van der Waals surface area contributed by atoms with Crippen molar-refractivity contribution in [3.8, 4) is 0 Å². The smallest absolute Gasteiger partial charge is 0.221 e. The molecule has 1 amide bonds. The molecule has 0 aliphatic heterocycles. The molecule has 0 saturated heterocycles. The second kappa shape index (κ2) is 8.51. The van der Waals surface area contributed by atoms with Crippen molar-refractivity contribution >= 4 is 5.91 Å². The molecule has 0 unspecified atom stereocenters.